The van der Waals surface area contributed by atoms with Crippen LogP contribution in [0.15, 0.2) is 36.4 Å². The van der Waals surface area contributed by atoms with Gasteiger partial charge in [-0.2, -0.15) is 5.26 Å². The first-order valence-electron chi connectivity index (χ1n) is 6.21. The Morgan fingerprint density at radius 3 is 3.06 bits per heavy atom. The van der Waals surface area contributed by atoms with E-state index in [4.69, 9.17) is 5.26 Å². The highest BCUT2D eigenvalue weighted by Crippen LogP contribution is 2.18. The molecule has 1 aliphatic rings. The van der Waals surface area contributed by atoms with Gasteiger partial charge in [-0.15, -0.1) is 0 Å². The molecular formula is C15H16N2O. The molecule has 1 aromatic rings. The van der Waals surface area contributed by atoms with Gasteiger partial charge in [0.1, 0.15) is 0 Å². The number of rotatable bonds is 3. The maximum absolute atomic E-state index is 11.9. The highest BCUT2D eigenvalue weighted by molar-refractivity contribution is 5.78. The largest absolute Gasteiger partial charge is 0.352 e. The van der Waals surface area contributed by atoms with Gasteiger partial charge >= 0.3 is 0 Å². The number of nitrogens with zero attached hydrogens (tertiary/aromatic N) is 1. The van der Waals surface area contributed by atoms with Gasteiger partial charge in [-0.25, -0.2) is 0 Å². The van der Waals surface area contributed by atoms with Gasteiger partial charge in [0, 0.05) is 12.5 Å². The van der Waals surface area contributed by atoms with Gasteiger partial charge < -0.3 is 5.32 Å². The van der Waals surface area contributed by atoms with Gasteiger partial charge in [-0.3, -0.25) is 4.79 Å². The average Bonchev–Trinajstić information content (AvgIpc) is 2.46. The standard InChI is InChI=1S/C15H16N2O/c16-10-12-5-4-6-13(9-12)11-17-15(18)14-7-2-1-3-8-14/h1-2,4-6,9,14H,3,7-8,11H2,(H,17,18). The van der Waals surface area contributed by atoms with Gasteiger partial charge in [-0.1, -0.05) is 24.3 Å². The molecule has 0 aliphatic heterocycles. The summed E-state index contributed by atoms with van der Waals surface area (Å²) in [6, 6.07) is 9.42. The smallest absolute Gasteiger partial charge is 0.223 e. The summed E-state index contributed by atoms with van der Waals surface area (Å²) in [5.74, 6) is 0.218. The zero-order chi connectivity index (χ0) is 12.8. The molecule has 1 aliphatic carbocycles. The highest BCUT2D eigenvalue weighted by Gasteiger charge is 2.17. The van der Waals surface area contributed by atoms with Crippen molar-refractivity contribution in [3.8, 4) is 6.07 Å². The number of hydrogen-bond acceptors (Lipinski definition) is 2. The second kappa shape index (κ2) is 6.02. The molecule has 1 atom stereocenters. The van der Waals surface area contributed by atoms with E-state index in [9.17, 15) is 4.79 Å². The highest BCUT2D eigenvalue weighted by atomic mass is 16.1. The van der Waals surface area contributed by atoms with E-state index in [-0.39, 0.29) is 11.8 Å². The van der Waals surface area contributed by atoms with Crippen LogP contribution < -0.4 is 5.32 Å². The molecule has 0 fully saturated rings. The predicted molar refractivity (Wildman–Crippen MR) is 69.5 cm³/mol. The molecule has 2 rings (SSSR count). The minimum absolute atomic E-state index is 0.106. The van der Waals surface area contributed by atoms with Crippen LogP contribution in [0.5, 0.6) is 0 Å². The SMILES string of the molecule is N#Cc1cccc(CNC(=O)C2CC=CCC2)c1. The van der Waals surface area contributed by atoms with E-state index in [2.05, 4.69) is 23.5 Å². The molecule has 0 saturated carbocycles. The van der Waals surface area contributed by atoms with Crippen molar-refractivity contribution in [3.63, 3.8) is 0 Å². The number of benzene rings is 1. The first-order chi connectivity index (χ1) is 8.79. The number of amides is 1. The molecule has 1 unspecified atom stereocenters. The molecule has 0 heterocycles. The maximum Gasteiger partial charge on any atom is 0.223 e. The summed E-state index contributed by atoms with van der Waals surface area (Å²) in [5, 5.41) is 11.7. The number of hydrogen-bond donors (Lipinski definition) is 1. The number of nitriles is 1. The molecule has 3 heteroatoms. The van der Waals surface area contributed by atoms with Crippen molar-refractivity contribution in [3.05, 3.63) is 47.5 Å². The third-order valence-electron chi connectivity index (χ3n) is 3.16. The summed E-state index contributed by atoms with van der Waals surface area (Å²) < 4.78 is 0. The maximum atomic E-state index is 11.9. The summed E-state index contributed by atoms with van der Waals surface area (Å²) in [6.07, 6.45) is 6.96. The van der Waals surface area contributed by atoms with E-state index < -0.39 is 0 Å². The third kappa shape index (κ3) is 3.21. The van der Waals surface area contributed by atoms with Crippen molar-refractivity contribution >= 4 is 5.91 Å². The summed E-state index contributed by atoms with van der Waals surface area (Å²) in [5.41, 5.74) is 1.59. The van der Waals surface area contributed by atoms with E-state index in [1.54, 1.807) is 12.1 Å². The van der Waals surface area contributed by atoms with Crippen LogP contribution in [-0.4, -0.2) is 5.91 Å². The lowest BCUT2D eigenvalue weighted by Crippen LogP contribution is -2.30. The molecule has 3 nitrogen and oxygen atoms in total. The molecule has 0 saturated heterocycles. The number of carbonyl (C=O) groups excluding carboxylic acids is 1. The molecule has 92 valence electrons. The molecule has 0 bridgehead atoms. The molecule has 18 heavy (non-hydrogen) atoms. The summed E-state index contributed by atoms with van der Waals surface area (Å²) in [7, 11) is 0. The number of carbonyl (C=O) groups is 1. The minimum atomic E-state index is 0.106. The zero-order valence-electron chi connectivity index (χ0n) is 10.2. The molecule has 1 N–H and O–H groups in total. The van der Waals surface area contributed by atoms with Crippen LogP contribution in [0, 0.1) is 17.2 Å². The number of nitrogens with one attached hydrogen (secondary N) is 1. The van der Waals surface area contributed by atoms with Crippen molar-refractivity contribution in [2.45, 2.75) is 25.8 Å². The Morgan fingerprint density at radius 2 is 2.33 bits per heavy atom. The summed E-state index contributed by atoms with van der Waals surface area (Å²) >= 11 is 0. The monoisotopic (exact) mass is 240 g/mol. The molecule has 0 radical (unpaired) electrons. The normalized spacial score (nSPS) is 18.1. The topological polar surface area (TPSA) is 52.9 Å². The van der Waals surface area contributed by atoms with Crippen molar-refractivity contribution in [1.29, 1.82) is 5.26 Å². The van der Waals surface area contributed by atoms with Gasteiger partial charge in [0.05, 0.1) is 11.6 Å². The van der Waals surface area contributed by atoms with E-state index in [1.807, 2.05) is 12.1 Å². The van der Waals surface area contributed by atoms with Crippen LogP contribution in [0.3, 0.4) is 0 Å². The van der Waals surface area contributed by atoms with Crippen LogP contribution in [0.4, 0.5) is 0 Å². The summed E-state index contributed by atoms with van der Waals surface area (Å²) in [4.78, 5) is 11.9. The predicted octanol–water partition coefficient (Wildman–Crippen LogP) is 2.53. The lowest BCUT2D eigenvalue weighted by molar-refractivity contribution is -0.125. The fourth-order valence-corrected chi connectivity index (χ4v) is 2.12. The quantitative estimate of drug-likeness (QED) is 0.825. The second-order valence-electron chi connectivity index (χ2n) is 4.51. The van der Waals surface area contributed by atoms with E-state index in [0.717, 1.165) is 24.8 Å². The fraction of sp³-hybridized carbons (Fsp3) is 0.333. The first-order valence-corrected chi connectivity index (χ1v) is 6.21. The van der Waals surface area contributed by atoms with Crippen molar-refractivity contribution in [2.24, 2.45) is 5.92 Å². The Labute approximate surface area is 107 Å². The zero-order valence-corrected chi connectivity index (χ0v) is 10.2. The van der Waals surface area contributed by atoms with Crippen LogP contribution in [0.25, 0.3) is 0 Å². The van der Waals surface area contributed by atoms with Gasteiger partial charge in [0.15, 0.2) is 0 Å². The Kier molecular flexibility index (Phi) is 4.14. The average molecular weight is 240 g/mol. The Bertz CT molecular complexity index is 499. The summed E-state index contributed by atoms with van der Waals surface area (Å²) in [6.45, 7) is 0.495. The van der Waals surface area contributed by atoms with Crippen LogP contribution in [0.1, 0.15) is 30.4 Å². The van der Waals surface area contributed by atoms with Gasteiger partial charge in [0.25, 0.3) is 0 Å². The Morgan fingerprint density at radius 1 is 1.44 bits per heavy atom. The van der Waals surface area contributed by atoms with E-state index in [1.165, 1.54) is 0 Å². The van der Waals surface area contributed by atoms with Crippen LogP contribution in [-0.2, 0) is 11.3 Å². The molecule has 1 amide bonds. The third-order valence-corrected chi connectivity index (χ3v) is 3.16. The molecule has 0 aromatic heterocycles. The number of allylic oxidation sites excluding steroid dienone is 2. The van der Waals surface area contributed by atoms with Gasteiger partial charge in [-0.05, 0) is 37.0 Å². The van der Waals surface area contributed by atoms with Crippen molar-refractivity contribution in [1.82, 2.24) is 5.32 Å². The van der Waals surface area contributed by atoms with E-state index in [0.29, 0.717) is 12.1 Å². The Balaban J connectivity index is 1.89. The lowest BCUT2D eigenvalue weighted by atomic mass is 9.93. The fourth-order valence-electron chi connectivity index (χ4n) is 2.12. The molecule has 0 spiro atoms. The second-order valence-corrected chi connectivity index (χ2v) is 4.51. The van der Waals surface area contributed by atoms with Gasteiger partial charge in [0.2, 0.25) is 5.91 Å². The van der Waals surface area contributed by atoms with Crippen molar-refractivity contribution < 1.29 is 4.79 Å². The van der Waals surface area contributed by atoms with Crippen LogP contribution in [0.2, 0.25) is 0 Å². The molecular weight excluding hydrogens is 224 g/mol. The minimum Gasteiger partial charge on any atom is -0.352 e. The van der Waals surface area contributed by atoms with Crippen molar-refractivity contribution in [2.75, 3.05) is 0 Å². The van der Waals surface area contributed by atoms with Crippen LogP contribution >= 0.6 is 0 Å². The Hall–Kier alpha value is -2.08. The van der Waals surface area contributed by atoms with E-state index >= 15 is 0 Å². The lowest BCUT2D eigenvalue weighted by Gasteiger charge is -2.17. The molecule has 1 aromatic carbocycles. The first kappa shape index (κ1) is 12.4.